The summed E-state index contributed by atoms with van der Waals surface area (Å²) in [6, 6.07) is -2.06. The first-order valence-electron chi connectivity index (χ1n) is 8.88. The zero-order valence-electron chi connectivity index (χ0n) is 17.6. The number of carboxylic acids is 1. The number of nitrogens with one attached hydrogen (secondary N) is 2. The zero-order valence-corrected chi connectivity index (χ0v) is 19.3. The number of alkyl carbamates (subject to hydrolysis) is 1. The van der Waals surface area contributed by atoms with Crippen LogP contribution >= 0.6 is 0 Å². The van der Waals surface area contributed by atoms with Gasteiger partial charge in [0.1, 0.15) is 0 Å². The van der Waals surface area contributed by atoms with Crippen LogP contribution in [0.2, 0.25) is 11.1 Å². The van der Waals surface area contributed by atoms with Gasteiger partial charge in [-0.15, -0.1) is 0 Å². The number of carboxylic acid groups (broad SMARTS) is 1. The molecule has 0 aliphatic heterocycles. The van der Waals surface area contributed by atoms with Crippen LogP contribution in [0.4, 0.5) is 4.79 Å². The van der Waals surface area contributed by atoms with Crippen LogP contribution in [0.25, 0.3) is 0 Å². The quantitative estimate of drug-likeness (QED) is 0.348. The first-order valence-corrected chi connectivity index (χ1v) is 11.8. The summed E-state index contributed by atoms with van der Waals surface area (Å²) >= 11 is 0.0770. The van der Waals surface area contributed by atoms with Gasteiger partial charge in [-0.2, -0.15) is 0 Å². The number of aliphatic carboxylic acids is 1. The fourth-order valence-corrected chi connectivity index (χ4v) is 3.13. The van der Waals surface area contributed by atoms with Gasteiger partial charge in [0.25, 0.3) is 0 Å². The summed E-state index contributed by atoms with van der Waals surface area (Å²) in [5, 5.41) is 14.3. The van der Waals surface area contributed by atoms with E-state index in [1.54, 1.807) is 41.5 Å². The predicted molar refractivity (Wildman–Crippen MR) is 104 cm³/mol. The van der Waals surface area contributed by atoms with E-state index >= 15 is 0 Å². The number of hydrogen-bond donors (Lipinski definition) is 3. The summed E-state index contributed by atoms with van der Waals surface area (Å²) in [4.78, 5) is 47.7. The van der Waals surface area contributed by atoms with E-state index in [0.717, 1.165) is 0 Å². The van der Waals surface area contributed by atoms with Gasteiger partial charge in [-0.1, -0.05) is 0 Å². The number of esters is 1. The van der Waals surface area contributed by atoms with Crippen molar-refractivity contribution in [1.82, 2.24) is 10.6 Å². The molecule has 0 bridgehead atoms. The van der Waals surface area contributed by atoms with Crippen LogP contribution in [0.1, 0.15) is 54.4 Å². The summed E-state index contributed by atoms with van der Waals surface area (Å²) in [7, 11) is 0. The zero-order chi connectivity index (χ0) is 22.1. The molecule has 0 radical (unpaired) electrons. The normalized spacial score (nSPS) is 13.8. The maximum atomic E-state index is 12.4. The van der Waals surface area contributed by atoms with Crippen molar-refractivity contribution in [2.24, 2.45) is 0 Å². The third kappa shape index (κ3) is 12.6. The van der Waals surface area contributed by atoms with E-state index < -0.39 is 47.2 Å². The fraction of sp³-hybridized carbons (Fsp3) is 0.778. The number of rotatable bonds is 9. The molecule has 0 heterocycles. The standard InChI is InChI=1S/C18H32N2O7Se/c1-17(2,3)26-15(24)11(20-16(25)27-18(4,5)6)8-9-13(21)19-12(10-28-7)14(22)23/h11-12H,8-10H2,1-7H3,(H,19,21)(H,20,25)(H,22,23). The minimum atomic E-state index is -1.10. The molecule has 0 aliphatic carbocycles. The summed E-state index contributed by atoms with van der Waals surface area (Å²) in [5.74, 6) is -0.444. The van der Waals surface area contributed by atoms with Gasteiger partial charge < -0.3 is 0 Å². The Morgan fingerprint density at radius 3 is 1.89 bits per heavy atom. The van der Waals surface area contributed by atoms with Crippen molar-refractivity contribution in [1.29, 1.82) is 0 Å². The molecule has 2 unspecified atom stereocenters. The molecule has 0 saturated carbocycles. The number of amides is 2. The van der Waals surface area contributed by atoms with Gasteiger partial charge in [0.15, 0.2) is 0 Å². The topological polar surface area (TPSA) is 131 Å². The van der Waals surface area contributed by atoms with Gasteiger partial charge >= 0.3 is 172 Å². The molecular weight excluding hydrogens is 435 g/mol. The molecule has 0 aromatic carbocycles. The van der Waals surface area contributed by atoms with Gasteiger partial charge in [-0.3, -0.25) is 0 Å². The van der Waals surface area contributed by atoms with E-state index in [4.69, 9.17) is 14.6 Å². The second kappa shape index (κ2) is 11.3. The number of carbonyl (C=O) groups excluding carboxylic acids is 3. The second-order valence-corrected chi connectivity index (χ2v) is 10.1. The Balaban J connectivity index is 5.01. The fourth-order valence-electron chi connectivity index (χ4n) is 1.95. The Kier molecular flexibility index (Phi) is 10.5. The minimum absolute atomic E-state index is 0.0520. The second-order valence-electron chi connectivity index (χ2n) is 8.18. The van der Waals surface area contributed by atoms with Gasteiger partial charge in [0, 0.05) is 0 Å². The predicted octanol–water partition coefficient (Wildman–Crippen LogP) is 1.74. The molecule has 0 aromatic rings. The number of hydrogen-bond acceptors (Lipinski definition) is 6. The Hall–Kier alpha value is -1.80. The average Bonchev–Trinajstić information content (AvgIpc) is 2.47. The van der Waals surface area contributed by atoms with Crippen molar-refractivity contribution in [3.63, 3.8) is 0 Å². The van der Waals surface area contributed by atoms with Gasteiger partial charge in [0.2, 0.25) is 0 Å². The Bertz CT molecular complexity index is 567. The number of ether oxygens (including phenoxy) is 2. The third-order valence-corrected chi connectivity index (χ3v) is 4.41. The van der Waals surface area contributed by atoms with Crippen LogP contribution in [0.15, 0.2) is 0 Å². The number of carbonyl (C=O) groups is 4. The van der Waals surface area contributed by atoms with E-state index in [2.05, 4.69) is 10.6 Å². The monoisotopic (exact) mass is 468 g/mol. The van der Waals surface area contributed by atoms with Crippen molar-refractivity contribution < 1.29 is 33.8 Å². The molecule has 0 aliphatic rings. The molecule has 28 heavy (non-hydrogen) atoms. The molecule has 9 nitrogen and oxygen atoms in total. The molecule has 0 fully saturated rings. The average molecular weight is 467 g/mol. The van der Waals surface area contributed by atoms with Crippen LogP contribution < -0.4 is 10.6 Å². The summed E-state index contributed by atoms with van der Waals surface area (Å²) in [5.41, 5.74) is -1.53. The van der Waals surface area contributed by atoms with E-state index in [0.29, 0.717) is 5.32 Å². The van der Waals surface area contributed by atoms with Crippen LogP contribution in [-0.4, -0.2) is 67.3 Å². The van der Waals surface area contributed by atoms with Crippen molar-refractivity contribution in [2.75, 3.05) is 0 Å². The Labute approximate surface area is 172 Å². The molecular formula is C18H32N2O7Se. The summed E-state index contributed by atoms with van der Waals surface area (Å²) < 4.78 is 10.4. The summed E-state index contributed by atoms with van der Waals surface area (Å²) in [6.45, 7) is 10.1. The molecule has 0 aromatic heterocycles. The molecule has 0 rings (SSSR count). The van der Waals surface area contributed by atoms with Gasteiger partial charge in [-0.05, 0) is 0 Å². The van der Waals surface area contributed by atoms with Crippen LogP contribution in [0.5, 0.6) is 0 Å². The van der Waals surface area contributed by atoms with Crippen molar-refractivity contribution >= 4 is 38.9 Å². The molecule has 162 valence electrons. The molecule has 2 atom stereocenters. The summed E-state index contributed by atoms with van der Waals surface area (Å²) in [6.07, 6.45) is -1.01. The molecule has 0 spiro atoms. The first kappa shape index (κ1) is 26.2. The maximum absolute atomic E-state index is 12.4. The van der Waals surface area contributed by atoms with Crippen molar-refractivity contribution in [2.45, 2.75) is 88.8 Å². The Morgan fingerprint density at radius 2 is 1.46 bits per heavy atom. The van der Waals surface area contributed by atoms with E-state index in [-0.39, 0.29) is 27.8 Å². The molecule has 3 N–H and O–H groups in total. The SMILES string of the molecule is C[Se]CC(NC(=O)CCC(NC(=O)OC(C)(C)C)C(=O)OC(C)(C)C)C(=O)O. The molecule has 2 amide bonds. The van der Waals surface area contributed by atoms with E-state index in [9.17, 15) is 19.2 Å². The molecule has 0 saturated heterocycles. The first-order chi connectivity index (χ1) is 12.6. The van der Waals surface area contributed by atoms with Gasteiger partial charge in [0.05, 0.1) is 0 Å². The van der Waals surface area contributed by atoms with E-state index in [1.807, 2.05) is 5.82 Å². The van der Waals surface area contributed by atoms with Gasteiger partial charge in [-0.25, -0.2) is 0 Å². The third-order valence-electron chi connectivity index (χ3n) is 3.01. The van der Waals surface area contributed by atoms with Crippen molar-refractivity contribution in [3.05, 3.63) is 0 Å². The van der Waals surface area contributed by atoms with Crippen molar-refractivity contribution in [3.8, 4) is 0 Å². The van der Waals surface area contributed by atoms with Crippen LogP contribution in [0.3, 0.4) is 0 Å². The van der Waals surface area contributed by atoms with Crippen LogP contribution in [0, 0.1) is 0 Å². The van der Waals surface area contributed by atoms with Crippen LogP contribution in [-0.2, 0) is 23.9 Å². The van der Waals surface area contributed by atoms with E-state index in [1.165, 1.54) is 0 Å². The molecule has 10 heteroatoms. The Morgan fingerprint density at radius 1 is 0.929 bits per heavy atom.